The van der Waals surface area contributed by atoms with Crippen LogP contribution in [0.5, 0.6) is 0 Å². The fourth-order valence-electron chi connectivity index (χ4n) is 3.27. The van der Waals surface area contributed by atoms with Crippen molar-refractivity contribution in [2.75, 3.05) is 13.7 Å². The van der Waals surface area contributed by atoms with Crippen LogP contribution in [0.25, 0.3) is 0 Å². The first-order valence-electron chi connectivity index (χ1n) is 8.43. The van der Waals surface area contributed by atoms with Crippen molar-refractivity contribution >= 4 is 35.1 Å². The second-order valence-electron chi connectivity index (χ2n) is 6.31. The van der Waals surface area contributed by atoms with Crippen LogP contribution < -0.4 is 0 Å². The van der Waals surface area contributed by atoms with Crippen LogP contribution in [0.1, 0.15) is 40.4 Å². The SMILES string of the molecule is CN(C(=O)COC(=O)c1ccc(Cl)cc1Cl)[C@H]1CCCc2ccccc21. The van der Waals surface area contributed by atoms with Gasteiger partial charge in [0.15, 0.2) is 6.61 Å². The molecule has 6 heteroatoms. The van der Waals surface area contributed by atoms with Crippen LogP contribution >= 0.6 is 23.2 Å². The summed E-state index contributed by atoms with van der Waals surface area (Å²) in [7, 11) is 1.75. The molecule has 1 amide bonds. The lowest BCUT2D eigenvalue weighted by molar-refractivity contribution is -0.135. The van der Waals surface area contributed by atoms with E-state index in [0.29, 0.717) is 5.02 Å². The largest absolute Gasteiger partial charge is 0.452 e. The molecular weight excluding hydrogens is 373 g/mol. The first-order chi connectivity index (χ1) is 12.5. The van der Waals surface area contributed by atoms with Gasteiger partial charge in [-0.05, 0) is 48.6 Å². The molecule has 1 atom stereocenters. The summed E-state index contributed by atoms with van der Waals surface area (Å²) >= 11 is 11.8. The summed E-state index contributed by atoms with van der Waals surface area (Å²) in [4.78, 5) is 26.3. The highest BCUT2D eigenvalue weighted by Gasteiger charge is 2.27. The second kappa shape index (κ2) is 8.11. The molecule has 4 nitrogen and oxygen atoms in total. The number of carbonyl (C=O) groups excluding carboxylic acids is 2. The number of hydrogen-bond donors (Lipinski definition) is 0. The van der Waals surface area contributed by atoms with Gasteiger partial charge in [0.2, 0.25) is 0 Å². The Morgan fingerprint density at radius 1 is 1.19 bits per heavy atom. The summed E-state index contributed by atoms with van der Waals surface area (Å²) < 4.78 is 5.15. The van der Waals surface area contributed by atoms with Crippen molar-refractivity contribution in [2.45, 2.75) is 25.3 Å². The molecule has 136 valence electrons. The van der Waals surface area contributed by atoms with E-state index in [1.165, 1.54) is 23.3 Å². The van der Waals surface area contributed by atoms with E-state index in [1.54, 1.807) is 18.0 Å². The molecule has 2 aromatic rings. The lowest BCUT2D eigenvalue weighted by Crippen LogP contribution is -2.36. The van der Waals surface area contributed by atoms with E-state index in [2.05, 4.69) is 12.1 Å². The quantitative estimate of drug-likeness (QED) is 0.710. The molecule has 0 radical (unpaired) electrons. The van der Waals surface area contributed by atoms with Crippen LogP contribution in [-0.4, -0.2) is 30.4 Å². The molecule has 26 heavy (non-hydrogen) atoms. The van der Waals surface area contributed by atoms with Gasteiger partial charge < -0.3 is 9.64 Å². The number of fused-ring (bicyclic) bond motifs is 1. The molecule has 0 spiro atoms. The van der Waals surface area contributed by atoms with Gasteiger partial charge in [0, 0.05) is 12.1 Å². The van der Waals surface area contributed by atoms with Gasteiger partial charge in [0.25, 0.3) is 5.91 Å². The van der Waals surface area contributed by atoms with Crippen molar-refractivity contribution in [3.63, 3.8) is 0 Å². The number of esters is 1. The van der Waals surface area contributed by atoms with E-state index < -0.39 is 5.97 Å². The molecule has 0 aromatic heterocycles. The highest BCUT2D eigenvalue weighted by molar-refractivity contribution is 6.36. The lowest BCUT2D eigenvalue weighted by atomic mass is 9.87. The third kappa shape index (κ3) is 4.02. The van der Waals surface area contributed by atoms with Crippen LogP contribution in [0.4, 0.5) is 0 Å². The number of likely N-dealkylation sites (N-methyl/N-ethyl adjacent to an activating group) is 1. The average molecular weight is 392 g/mol. The number of aryl methyl sites for hydroxylation is 1. The van der Waals surface area contributed by atoms with Gasteiger partial charge in [-0.2, -0.15) is 0 Å². The van der Waals surface area contributed by atoms with Gasteiger partial charge >= 0.3 is 5.97 Å². The van der Waals surface area contributed by atoms with Gasteiger partial charge in [-0.1, -0.05) is 47.5 Å². The Balaban J connectivity index is 1.64. The molecule has 2 aromatic carbocycles. The van der Waals surface area contributed by atoms with Gasteiger partial charge in [-0.25, -0.2) is 4.79 Å². The maximum Gasteiger partial charge on any atom is 0.340 e. The van der Waals surface area contributed by atoms with Gasteiger partial charge in [0.05, 0.1) is 16.6 Å². The van der Waals surface area contributed by atoms with Crippen LogP contribution in [0.15, 0.2) is 42.5 Å². The first-order valence-corrected chi connectivity index (χ1v) is 9.18. The predicted molar refractivity (Wildman–Crippen MR) is 102 cm³/mol. The number of halogens is 2. The van der Waals surface area contributed by atoms with Crippen LogP contribution in [0, 0.1) is 0 Å². The van der Waals surface area contributed by atoms with E-state index in [-0.39, 0.29) is 29.1 Å². The van der Waals surface area contributed by atoms with Crippen molar-refractivity contribution in [2.24, 2.45) is 0 Å². The summed E-state index contributed by atoms with van der Waals surface area (Å²) in [5.74, 6) is -0.886. The molecule has 3 rings (SSSR count). The van der Waals surface area contributed by atoms with Crippen molar-refractivity contribution < 1.29 is 14.3 Å². The van der Waals surface area contributed by atoms with Crippen LogP contribution in [-0.2, 0) is 16.0 Å². The summed E-state index contributed by atoms with van der Waals surface area (Å²) in [6.07, 6.45) is 2.95. The molecule has 0 unspecified atom stereocenters. The Bertz CT molecular complexity index is 838. The molecule has 0 saturated heterocycles. The Labute approximate surface area is 162 Å². The minimum absolute atomic E-state index is 0.00488. The number of carbonyl (C=O) groups is 2. The smallest absolute Gasteiger partial charge is 0.340 e. The molecule has 1 aliphatic carbocycles. The van der Waals surface area contributed by atoms with Crippen molar-refractivity contribution in [3.8, 4) is 0 Å². The fraction of sp³-hybridized carbons (Fsp3) is 0.300. The van der Waals surface area contributed by atoms with Crippen molar-refractivity contribution in [3.05, 3.63) is 69.2 Å². The zero-order valence-corrected chi connectivity index (χ0v) is 15.9. The monoisotopic (exact) mass is 391 g/mol. The van der Waals surface area contributed by atoms with E-state index in [9.17, 15) is 9.59 Å². The Morgan fingerprint density at radius 3 is 2.73 bits per heavy atom. The molecule has 0 aliphatic heterocycles. The first kappa shape index (κ1) is 18.7. The molecule has 0 N–H and O–H groups in total. The molecule has 1 aliphatic rings. The summed E-state index contributed by atoms with van der Waals surface area (Å²) in [6, 6.07) is 12.7. The van der Waals surface area contributed by atoms with Crippen LogP contribution in [0.2, 0.25) is 10.0 Å². The number of amides is 1. The van der Waals surface area contributed by atoms with Crippen LogP contribution in [0.3, 0.4) is 0 Å². The molecule has 0 saturated carbocycles. The normalized spacial score (nSPS) is 15.9. The predicted octanol–water partition coefficient (Wildman–Crippen LogP) is 4.69. The van der Waals surface area contributed by atoms with E-state index >= 15 is 0 Å². The zero-order chi connectivity index (χ0) is 18.7. The molecule has 0 fully saturated rings. The van der Waals surface area contributed by atoms with Gasteiger partial charge in [-0.15, -0.1) is 0 Å². The standard InChI is InChI=1S/C20H19Cl2NO3/c1-23(18-8-4-6-13-5-2-3-7-15(13)18)19(24)12-26-20(25)16-10-9-14(21)11-17(16)22/h2-3,5,7,9-11,18H,4,6,8,12H2,1H3/t18-/m0/s1. The molecule has 0 heterocycles. The number of ether oxygens (including phenoxy) is 1. The summed E-state index contributed by atoms with van der Waals surface area (Å²) in [5.41, 5.74) is 2.63. The number of nitrogens with zero attached hydrogens (tertiary/aromatic N) is 1. The minimum Gasteiger partial charge on any atom is -0.452 e. The Morgan fingerprint density at radius 2 is 1.96 bits per heavy atom. The zero-order valence-electron chi connectivity index (χ0n) is 14.4. The second-order valence-corrected chi connectivity index (χ2v) is 7.16. The third-order valence-corrected chi connectivity index (χ3v) is 5.22. The lowest BCUT2D eigenvalue weighted by Gasteiger charge is -2.33. The highest BCUT2D eigenvalue weighted by Crippen LogP contribution is 2.33. The summed E-state index contributed by atoms with van der Waals surface area (Å²) in [6.45, 7) is -0.326. The fourth-order valence-corrected chi connectivity index (χ4v) is 3.75. The topological polar surface area (TPSA) is 46.6 Å². The Hall–Kier alpha value is -2.04. The number of benzene rings is 2. The van der Waals surface area contributed by atoms with E-state index in [1.807, 2.05) is 12.1 Å². The van der Waals surface area contributed by atoms with Gasteiger partial charge in [-0.3, -0.25) is 4.79 Å². The highest BCUT2D eigenvalue weighted by atomic mass is 35.5. The number of rotatable bonds is 4. The average Bonchev–Trinajstić information content (AvgIpc) is 2.64. The van der Waals surface area contributed by atoms with E-state index in [0.717, 1.165) is 19.3 Å². The van der Waals surface area contributed by atoms with E-state index in [4.69, 9.17) is 27.9 Å². The molecular formula is C20H19Cl2NO3. The van der Waals surface area contributed by atoms with Crippen molar-refractivity contribution in [1.29, 1.82) is 0 Å². The number of hydrogen-bond acceptors (Lipinski definition) is 3. The maximum atomic E-state index is 12.5. The summed E-state index contributed by atoms with van der Waals surface area (Å²) in [5, 5.41) is 0.628. The van der Waals surface area contributed by atoms with Crippen molar-refractivity contribution in [1.82, 2.24) is 4.90 Å². The minimum atomic E-state index is -0.641. The van der Waals surface area contributed by atoms with Gasteiger partial charge in [0.1, 0.15) is 0 Å². The third-order valence-electron chi connectivity index (χ3n) is 4.68. The maximum absolute atomic E-state index is 12.5. The Kier molecular flexibility index (Phi) is 5.84. The molecule has 0 bridgehead atoms.